The van der Waals surface area contributed by atoms with Crippen molar-refractivity contribution >= 4 is 0 Å². The van der Waals surface area contributed by atoms with Crippen LogP contribution >= 0.6 is 0 Å². The summed E-state index contributed by atoms with van der Waals surface area (Å²) >= 11 is 0. The Morgan fingerprint density at radius 3 is 1.70 bits per heavy atom. The summed E-state index contributed by atoms with van der Waals surface area (Å²) in [7, 11) is 0. The van der Waals surface area contributed by atoms with Crippen LogP contribution in [0.5, 0.6) is 0 Å². The monoisotopic (exact) mass is 144 g/mol. The third-order valence-corrected chi connectivity index (χ3v) is 2.04. The van der Waals surface area contributed by atoms with Gasteiger partial charge in [0, 0.05) is 0 Å². The summed E-state index contributed by atoms with van der Waals surface area (Å²) in [6.45, 7) is 14.0. The van der Waals surface area contributed by atoms with Gasteiger partial charge in [0.1, 0.15) is 0 Å². The summed E-state index contributed by atoms with van der Waals surface area (Å²) < 4.78 is 0. The van der Waals surface area contributed by atoms with E-state index in [0.717, 1.165) is 0 Å². The van der Waals surface area contributed by atoms with E-state index in [-0.39, 0.29) is 0 Å². The lowest BCUT2D eigenvalue weighted by Crippen LogP contribution is -3.18. The topological polar surface area (TPSA) is 4.44 Å². The summed E-state index contributed by atoms with van der Waals surface area (Å²) in [4.78, 5) is 1.70. The van der Waals surface area contributed by atoms with Crippen molar-refractivity contribution < 1.29 is 4.90 Å². The van der Waals surface area contributed by atoms with E-state index in [1.807, 2.05) is 0 Å². The van der Waals surface area contributed by atoms with E-state index in [4.69, 9.17) is 0 Å². The molecule has 0 rings (SSSR count). The molecule has 0 saturated heterocycles. The molecule has 0 aromatic rings. The predicted octanol–water partition coefficient (Wildman–Crippen LogP) is 1.10. The molecule has 1 heteroatoms. The number of quaternary nitrogens is 1. The van der Waals surface area contributed by atoms with Gasteiger partial charge in [-0.1, -0.05) is 6.92 Å². The quantitative estimate of drug-likeness (QED) is 0.605. The zero-order valence-corrected chi connectivity index (χ0v) is 8.12. The average Bonchev–Trinajstić information content (AvgIpc) is 1.80. The highest BCUT2D eigenvalue weighted by Crippen LogP contribution is 1.91. The van der Waals surface area contributed by atoms with Gasteiger partial charge in [0.05, 0.1) is 18.6 Å². The molecule has 0 bridgehead atoms. The van der Waals surface area contributed by atoms with Gasteiger partial charge < -0.3 is 4.90 Å². The smallest absolute Gasteiger partial charge is 0.0891 e. The molecule has 0 heterocycles. The minimum absolute atomic E-state index is 0.435. The summed E-state index contributed by atoms with van der Waals surface area (Å²) in [5.74, 6) is 0. The number of nitrogens with one attached hydrogen (secondary N) is 1. The molecule has 62 valence electrons. The van der Waals surface area contributed by atoms with Crippen molar-refractivity contribution in [2.75, 3.05) is 13.1 Å². The van der Waals surface area contributed by atoms with Crippen LogP contribution in [0, 0.1) is 0 Å². The molecule has 10 heavy (non-hydrogen) atoms. The Labute approximate surface area is 65.4 Å². The van der Waals surface area contributed by atoms with Crippen LogP contribution in [-0.4, -0.2) is 18.6 Å². The Bertz CT molecular complexity index is 81.2. The third kappa shape index (κ3) is 3.21. The molecule has 1 atom stereocenters. The standard InChI is InChI=1S/C9H21N/c1-6-8-10(7-2)9(3,4)5/h6-8H2,1-5H3/p+1. The van der Waals surface area contributed by atoms with Crippen molar-refractivity contribution in [3.63, 3.8) is 0 Å². The minimum atomic E-state index is 0.435. The third-order valence-electron chi connectivity index (χ3n) is 2.04. The zero-order valence-electron chi connectivity index (χ0n) is 8.12. The Hall–Kier alpha value is -0.0400. The fraction of sp³-hybridized carbons (Fsp3) is 1.00. The summed E-state index contributed by atoms with van der Waals surface area (Å²) in [5.41, 5.74) is 0.435. The first-order valence-corrected chi connectivity index (χ1v) is 4.37. The molecule has 0 saturated carbocycles. The molecule has 1 N–H and O–H groups in total. The van der Waals surface area contributed by atoms with Gasteiger partial charge in [-0.25, -0.2) is 0 Å². The maximum Gasteiger partial charge on any atom is 0.0891 e. The Kier molecular flexibility index (Phi) is 3.95. The van der Waals surface area contributed by atoms with E-state index in [1.54, 1.807) is 4.90 Å². The van der Waals surface area contributed by atoms with Gasteiger partial charge in [-0.15, -0.1) is 0 Å². The Morgan fingerprint density at radius 2 is 1.60 bits per heavy atom. The van der Waals surface area contributed by atoms with Gasteiger partial charge in [0.15, 0.2) is 0 Å². The van der Waals surface area contributed by atoms with Crippen LogP contribution in [0.1, 0.15) is 41.0 Å². The molecule has 0 amide bonds. The fourth-order valence-electron chi connectivity index (χ4n) is 1.38. The zero-order chi connectivity index (χ0) is 8.20. The normalized spacial score (nSPS) is 15.3. The summed E-state index contributed by atoms with van der Waals surface area (Å²) in [5, 5.41) is 0. The van der Waals surface area contributed by atoms with E-state index >= 15 is 0 Å². The van der Waals surface area contributed by atoms with Gasteiger partial charge in [0.2, 0.25) is 0 Å². The van der Waals surface area contributed by atoms with Crippen LogP contribution < -0.4 is 4.90 Å². The van der Waals surface area contributed by atoms with Crippen molar-refractivity contribution in [2.45, 2.75) is 46.6 Å². The Morgan fingerprint density at radius 1 is 1.10 bits per heavy atom. The van der Waals surface area contributed by atoms with Crippen molar-refractivity contribution in [1.82, 2.24) is 0 Å². The van der Waals surface area contributed by atoms with Gasteiger partial charge >= 0.3 is 0 Å². The largest absolute Gasteiger partial charge is 0.331 e. The molecule has 0 aromatic heterocycles. The van der Waals surface area contributed by atoms with Gasteiger partial charge in [-0.3, -0.25) is 0 Å². The first kappa shape index (κ1) is 9.96. The highest BCUT2D eigenvalue weighted by atomic mass is 15.2. The summed E-state index contributed by atoms with van der Waals surface area (Å²) in [6, 6.07) is 0. The van der Waals surface area contributed by atoms with Crippen LogP contribution in [0.4, 0.5) is 0 Å². The number of rotatable bonds is 3. The van der Waals surface area contributed by atoms with E-state index in [9.17, 15) is 0 Å². The van der Waals surface area contributed by atoms with Crippen LogP contribution in [0.3, 0.4) is 0 Å². The van der Waals surface area contributed by atoms with Gasteiger partial charge in [-0.05, 0) is 34.1 Å². The lowest BCUT2D eigenvalue weighted by atomic mass is 10.1. The van der Waals surface area contributed by atoms with E-state index in [0.29, 0.717) is 5.54 Å². The summed E-state index contributed by atoms with van der Waals surface area (Å²) in [6.07, 6.45) is 1.29. The first-order valence-electron chi connectivity index (χ1n) is 4.37. The van der Waals surface area contributed by atoms with Crippen LogP contribution in [0.15, 0.2) is 0 Å². The maximum atomic E-state index is 2.31. The van der Waals surface area contributed by atoms with Crippen LogP contribution in [-0.2, 0) is 0 Å². The fourth-order valence-corrected chi connectivity index (χ4v) is 1.38. The second-order valence-electron chi connectivity index (χ2n) is 3.96. The molecule has 1 nitrogen and oxygen atoms in total. The molecular formula is C9H22N+. The molecule has 0 aromatic carbocycles. The molecule has 0 aliphatic heterocycles. The van der Waals surface area contributed by atoms with E-state index < -0.39 is 0 Å². The maximum absolute atomic E-state index is 2.31. The average molecular weight is 144 g/mol. The van der Waals surface area contributed by atoms with Crippen LogP contribution in [0.25, 0.3) is 0 Å². The van der Waals surface area contributed by atoms with E-state index in [2.05, 4.69) is 34.6 Å². The van der Waals surface area contributed by atoms with Gasteiger partial charge in [0.25, 0.3) is 0 Å². The number of hydrogen-bond acceptors (Lipinski definition) is 0. The van der Waals surface area contributed by atoms with Crippen molar-refractivity contribution in [1.29, 1.82) is 0 Å². The lowest BCUT2D eigenvalue weighted by Gasteiger charge is -2.30. The molecule has 0 spiro atoms. The molecule has 0 fully saturated rings. The number of hydrogen-bond donors (Lipinski definition) is 1. The van der Waals surface area contributed by atoms with Crippen molar-refractivity contribution in [3.8, 4) is 0 Å². The Balaban J connectivity index is 3.81. The second-order valence-corrected chi connectivity index (χ2v) is 3.96. The molecule has 1 unspecified atom stereocenters. The first-order chi connectivity index (χ1) is 4.52. The molecule has 0 aliphatic rings. The molecular weight excluding hydrogens is 122 g/mol. The van der Waals surface area contributed by atoms with E-state index in [1.165, 1.54) is 19.5 Å². The predicted molar refractivity (Wildman–Crippen MR) is 46.4 cm³/mol. The van der Waals surface area contributed by atoms with Crippen molar-refractivity contribution in [3.05, 3.63) is 0 Å². The van der Waals surface area contributed by atoms with Crippen molar-refractivity contribution in [2.24, 2.45) is 0 Å². The van der Waals surface area contributed by atoms with Crippen LogP contribution in [0.2, 0.25) is 0 Å². The molecule has 0 radical (unpaired) electrons. The SMILES string of the molecule is CCC[NH+](CC)C(C)(C)C. The molecule has 0 aliphatic carbocycles. The minimum Gasteiger partial charge on any atom is -0.331 e. The highest BCUT2D eigenvalue weighted by Gasteiger charge is 2.21. The second kappa shape index (κ2) is 3.97. The highest BCUT2D eigenvalue weighted by molar-refractivity contribution is 4.55. The lowest BCUT2D eigenvalue weighted by molar-refractivity contribution is -0.945. The van der Waals surface area contributed by atoms with Gasteiger partial charge in [-0.2, -0.15) is 0 Å².